The Morgan fingerprint density at radius 1 is 0.848 bits per heavy atom. The van der Waals surface area contributed by atoms with Crippen molar-refractivity contribution in [1.82, 2.24) is 14.4 Å². The number of amides is 2. The van der Waals surface area contributed by atoms with Gasteiger partial charge in [-0.15, -0.1) is 0 Å². The largest absolute Gasteiger partial charge is 0.371 e. The number of imide groups is 1. The smallest absolute Gasteiger partial charge is 0.261 e. The fourth-order valence-corrected chi connectivity index (χ4v) is 5.79. The Kier molecular flexibility index (Phi) is 4.84. The second kappa shape index (κ2) is 7.89. The molecule has 2 amide bonds. The fraction of sp³-hybridized carbons (Fsp3) is 0.333. The van der Waals surface area contributed by atoms with Gasteiger partial charge in [0.15, 0.2) is 0 Å². The molecular formula is C27H28N4O2. The first kappa shape index (κ1) is 20.2. The lowest BCUT2D eigenvalue weighted by atomic mass is 9.83. The van der Waals surface area contributed by atoms with Gasteiger partial charge in [0.2, 0.25) is 0 Å². The molecule has 0 saturated carbocycles. The van der Waals surface area contributed by atoms with E-state index in [1.165, 1.54) is 22.0 Å². The lowest BCUT2D eigenvalue weighted by molar-refractivity contribution is 0.0649. The minimum absolute atomic E-state index is 0.0847. The molecule has 33 heavy (non-hydrogen) atoms. The quantitative estimate of drug-likeness (QED) is 0.476. The van der Waals surface area contributed by atoms with Crippen molar-refractivity contribution in [3.8, 4) is 5.69 Å². The molecular weight excluding hydrogens is 412 g/mol. The minimum Gasteiger partial charge on any atom is -0.371 e. The van der Waals surface area contributed by atoms with E-state index in [1.54, 1.807) is 12.1 Å². The number of carbonyl (C=O) groups excluding carboxylic acids is 2. The van der Waals surface area contributed by atoms with E-state index in [2.05, 4.69) is 57.4 Å². The number of nitrogens with zero attached hydrogens (tertiary/aromatic N) is 3. The maximum atomic E-state index is 12.6. The Morgan fingerprint density at radius 2 is 1.58 bits per heavy atom. The van der Waals surface area contributed by atoms with Crippen LogP contribution in [0.4, 0.5) is 5.69 Å². The Balaban J connectivity index is 1.10. The first-order valence-electron chi connectivity index (χ1n) is 11.9. The van der Waals surface area contributed by atoms with E-state index >= 15 is 0 Å². The summed E-state index contributed by atoms with van der Waals surface area (Å²) in [5, 5.41) is 3.88. The standard InChI is InChI=1S/C27H28N4O2/c32-25-20-9-1-2-10-21(20)26(33)31(25)17-6-5-15-29-16-8-14-27(19-29)24-13-7-18-30(24)23-12-4-3-11-22(23)28-27/h1-4,7,9-13,18,28H,5-6,8,14-17,19H2/t27-/m0/s1. The van der Waals surface area contributed by atoms with E-state index in [-0.39, 0.29) is 17.4 Å². The van der Waals surface area contributed by atoms with Crippen molar-refractivity contribution >= 4 is 17.5 Å². The summed E-state index contributed by atoms with van der Waals surface area (Å²) in [6.45, 7) is 3.49. The summed E-state index contributed by atoms with van der Waals surface area (Å²) in [7, 11) is 0. The number of rotatable bonds is 5. The van der Waals surface area contributed by atoms with Crippen molar-refractivity contribution < 1.29 is 9.59 Å². The molecule has 1 N–H and O–H groups in total. The molecule has 2 aromatic carbocycles. The molecule has 3 aliphatic rings. The van der Waals surface area contributed by atoms with Crippen molar-refractivity contribution in [1.29, 1.82) is 0 Å². The van der Waals surface area contributed by atoms with Crippen molar-refractivity contribution in [3.63, 3.8) is 0 Å². The van der Waals surface area contributed by atoms with Crippen LogP contribution in [0.3, 0.4) is 0 Å². The third-order valence-corrected chi connectivity index (χ3v) is 7.33. The van der Waals surface area contributed by atoms with Crippen molar-refractivity contribution in [2.45, 2.75) is 31.2 Å². The number of aromatic nitrogens is 1. The summed E-state index contributed by atoms with van der Waals surface area (Å²) in [5.74, 6) is -0.309. The van der Waals surface area contributed by atoms with Crippen LogP contribution in [0.25, 0.3) is 5.69 Å². The molecule has 0 aliphatic carbocycles. The van der Waals surface area contributed by atoms with E-state index in [0.29, 0.717) is 17.7 Å². The number of hydrogen-bond acceptors (Lipinski definition) is 4. The van der Waals surface area contributed by atoms with E-state index in [1.807, 2.05) is 12.1 Å². The van der Waals surface area contributed by atoms with E-state index < -0.39 is 0 Å². The molecule has 1 fully saturated rings. The molecule has 1 saturated heterocycles. The van der Waals surface area contributed by atoms with Gasteiger partial charge in [0.1, 0.15) is 0 Å². The predicted molar refractivity (Wildman–Crippen MR) is 128 cm³/mol. The van der Waals surface area contributed by atoms with E-state index in [9.17, 15) is 9.59 Å². The maximum absolute atomic E-state index is 12.6. The third-order valence-electron chi connectivity index (χ3n) is 7.33. The zero-order valence-corrected chi connectivity index (χ0v) is 18.7. The van der Waals surface area contributed by atoms with Crippen LogP contribution in [0.2, 0.25) is 0 Å². The van der Waals surface area contributed by atoms with E-state index in [4.69, 9.17) is 0 Å². The van der Waals surface area contributed by atoms with Crippen LogP contribution < -0.4 is 5.32 Å². The number of fused-ring (bicyclic) bond motifs is 5. The summed E-state index contributed by atoms with van der Waals surface area (Å²) >= 11 is 0. The molecule has 1 spiro atoms. The van der Waals surface area contributed by atoms with Crippen LogP contribution in [-0.4, -0.2) is 52.4 Å². The average molecular weight is 441 g/mol. The molecule has 0 unspecified atom stereocenters. The molecule has 3 aliphatic heterocycles. The van der Waals surface area contributed by atoms with Crippen LogP contribution in [0.1, 0.15) is 52.1 Å². The molecule has 3 aromatic rings. The monoisotopic (exact) mass is 440 g/mol. The fourth-order valence-electron chi connectivity index (χ4n) is 5.79. The summed E-state index contributed by atoms with van der Waals surface area (Å²) in [5.41, 5.74) is 4.71. The van der Waals surface area contributed by atoms with Crippen LogP contribution >= 0.6 is 0 Å². The second-order valence-electron chi connectivity index (χ2n) is 9.38. The topological polar surface area (TPSA) is 57.6 Å². The van der Waals surface area contributed by atoms with Crippen LogP contribution in [-0.2, 0) is 5.54 Å². The number of likely N-dealkylation sites (tertiary alicyclic amines) is 1. The van der Waals surface area contributed by atoms with Gasteiger partial charge >= 0.3 is 0 Å². The number of anilines is 1. The number of unbranched alkanes of at least 4 members (excludes halogenated alkanes) is 1. The van der Waals surface area contributed by atoms with Gasteiger partial charge in [0.25, 0.3) is 11.8 Å². The molecule has 1 atom stereocenters. The van der Waals surface area contributed by atoms with Crippen molar-refractivity contribution in [2.24, 2.45) is 0 Å². The molecule has 6 rings (SSSR count). The Bertz CT molecular complexity index is 1200. The van der Waals surface area contributed by atoms with Gasteiger partial charge in [-0.3, -0.25) is 14.5 Å². The van der Waals surface area contributed by atoms with Gasteiger partial charge in [0, 0.05) is 25.0 Å². The Morgan fingerprint density at radius 3 is 2.39 bits per heavy atom. The molecule has 6 nitrogen and oxygen atoms in total. The second-order valence-corrected chi connectivity index (χ2v) is 9.38. The molecule has 1 aromatic heterocycles. The summed E-state index contributed by atoms with van der Waals surface area (Å²) < 4.78 is 2.33. The van der Waals surface area contributed by atoms with Gasteiger partial charge in [-0.05, 0) is 75.2 Å². The van der Waals surface area contributed by atoms with Crippen LogP contribution in [0.5, 0.6) is 0 Å². The highest BCUT2D eigenvalue weighted by Gasteiger charge is 2.42. The third kappa shape index (κ3) is 3.28. The lowest BCUT2D eigenvalue weighted by Gasteiger charge is -2.47. The molecule has 168 valence electrons. The highest BCUT2D eigenvalue weighted by atomic mass is 16.2. The number of carbonyl (C=O) groups is 2. The maximum Gasteiger partial charge on any atom is 0.261 e. The van der Waals surface area contributed by atoms with E-state index in [0.717, 1.165) is 45.3 Å². The first-order valence-corrected chi connectivity index (χ1v) is 11.9. The first-order chi connectivity index (χ1) is 16.2. The number of piperidine rings is 1. The van der Waals surface area contributed by atoms with Crippen molar-refractivity contribution in [2.75, 3.05) is 31.5 Å². The van der Waals surface area contributed by atoms with Crippen LogP contribution in [0.15, 0.2) is 66.9 Å². The van der Waals surface area contributed by atoms with Gasteiger partial charge < -0.3 is 14.8 Å². The molecule has 0 radical (unpaired) electrons. The minimum atomic E-state index is -0.154. The Labute approximate surface area is 193 Å². The number of hydrogen-bond donors (Lipinski definition) is 1. The summed E-state index contributed by atoms with van der Waals surface area (Å²) in [6.07, 6.45) is 6.19. The molecule has 6 heteroatoms. The number of para-hydroxylation sites is 2. The zero-order chi connectivity index (χ0) is 22.4. The van der Waals surface area contributed by atoms with Gasteiger partial charge in [0.05, 0.1) is 28.0 Å². The SMILES string of the molecule is O=C1c2ccccc2C(=O)N1CCCCN1CCC[C@@]2(C1)Nc1ccccc1-n1cccc12. The van der Waals surface area contributed by atoms with Gasteiger partial charge in [-0.1, -0.05) is 24.3 Å². The summed E-state index contributed by atoms with van der Waals surface area (Å²) in [6, 6.07) is 20.0. The normalized spacial score (nSPS) is 21.6. The molecule has 0 bridgehead atoms. The lowest BCUT2D eigenvalue weighted by Crippen LogP contribution is -2.53. The Hall–Kier alpha value is -3.38. The molecule has 4 heterocycles. The zero-order valence-electron chi connectivity index (χ0n) is 18.7. The highest BCUT2D eigenvalue weighted by Crippen LogP contribution is 2.42. The summed E-state index contributed by atoms with van der Waals surface area (Å²) in [4.78, 5) is 29.1. The predicted octanol–water partition coefficient (Wildman–Crippen LogP) is 4.27. The number of benzene rings is 2. The highest BCUT2D eigenvalue weighted by molar-refractivity contribution is 6.21. The van der Waals surface area contributed by atoms with Crippen molar-refractivity contribution in [3.05, 3.63) is 83.7 Å². The van der Waals surface area contributed by atoms with Crippen LogP contribution in [0, 0.1) is 0 Å². The number of nitrogens with one attached hydrogen (secondary N) is 1. The van der Waals surface area contributed by atoms with Gasteiger partial charge in [-0.25, -0.2) is 0 Å². The van der Waals surface area contributed by atoms with Gasteiger partial charge in [-0.2, -0.15) is 0 Å². The average Bonchev–Trinajstić information content (AvgIpc) is 3.43.